The smallest absolute Gasteiger partial charge is 0.245 e. The first-order chi connectivity index (χ1) is 8.16. The molecule has 0 atom stereocenters. The summed E-state index contributed by atoms with van der Waals surface area (Å²) in [4.78, 5) is 28.7. The van der Waals surface area contributed by atoms with E-state index >= 15 is 0 Å². The third-order valence-corrected chi connectivity index (χ3v) is 3.37. The number of aromatic nitrogens is 1. The van der Waals surface area contributed by atoms with E-state index in [0.29, 0.717) is 17.4 Å². The molecule has 2 heterocycles. The molecule has 6 heteroatoms. The Morgan fingerprint density at radius 2 is 2.47 bits per heavy atom. The predicted molar refractivity (Wildman–Crippen MR) is 66.6 cm³/mol. The van der Waals surface area contributed by atoms with E-state index in [2.05, 4.69) is 10.3 Å². The highest BCUT2D eigenvalue weighted by molar-refractivity contribution is 8.00. The second-order valence-corrected chi connectivity index (χ2v) is 4.74. The third-order valence-electron chi connectivity index (χ3n) is 2.43. The van der Waals surface area contributed by atoms with Crippen LogP contribution in [0.4, 0.5) is 5.82 Å². The summed E-state index contributed by atoms with van der Waals surface area (Å²) in [5, 5.41) is 2.70. The standard InChI is InChI=1S/C11H13N3O2S/c1-8-3-2-4-12-11(8)13-9(15)5-14-7-17-6-10(14)16/h2-4H,5-7H2,1H3,(H,12,13,15). The van der Waals surface area contributed by atoms with Gasteiger partial charge < -0.3 is 10.2 Å². The summed E-state index contributed by atoms with van der Waals surface area (Å²) in [5.74, 6) is 1.42. The Bertz CT molecular complexity index is 450. The van der Waals surface area contributed by atoms with Crippen molar-refractivity contribution < 1.29 is 9.59 Å². The van der Waals surface area contributed by atoms with Crippen LogP contribution in [-0.4, -0.2) is 39.9 Å². The number of rotatable bonds is 3. The maximum atomic E-state index is 11.7. The number of thioether (sulfide) groups is 1. The fourth-order valence-electron chi connectivity index (χ4n) is 1.50. The average Bonchev–Trinajstić information content (AvgIpc) is 2.68. The van der Waals surface area contributed by atoms with Crippen LogP contribution in [0.15, 0.2) is 18.3 Å². The molecule has 2 amide bonds. The van der Waals surface area contributed by atoms with Crippen molar-refractivity contribution in [2.45, 2.75) is 6.92 Å². The lowest BCUT2D eigenvalue weighted by Gasteiger charge is -2.14. The molecular weight excluding hydrogens is 238 g/mol. The van der Waals surface area contributed by atoms with Gasteiger partial charge in [-0.15, -0.1) is 11.8 Å². The zero-order valence-corrected chi connectivity index (χ0v) is 10.3. The predicted octanol–water partition coefficient (Wildman–Crippen LogP) is 0.861. The van der Waals surface area contributed by atoms with Gasteiger partial charge in [-0.1, -0.05) is 6.07 Å². The molecule has 1 fully saturated rings. The molecule has 1 aromatic rings. The zero-order chi connectivity index (χ0) is 12.3. The van der Waals surface area contributed by atoms with Crippen LogP contribution < -0.4 is 5.32 Å². The van der Waals surface area contributed by atoms with Gasteiger partial charge in [0, 0.05) is 6.20 Å². The summed E-state index contributed by atoms with van der Waals surface area (Å²) < 4.78 is 0. The van der Waals surface area contributed by atoms with Gasteiger partial charge in [-0.25, -0.2) is 4.98 Å². The van der Waals surface area contributed by atoms with Crippen molar-refractivity contribution >= 4 is 29.4 Å². The quantitative estimate of drug-likeness (QED) is 0.865. The summed E-state index contributed by atoms with van der Waals surface area (Å²) >= 11 is 1.52. The molecule has 0 radical (unpaired) electrons. The molecule has 0 aromatic carbocycles. The molecule has 0 unspecified atom stereocenters. The maximum Gasteiger partial charge on any atom is 0.245 e. The van der Waals surface area contributed by atoms with Crippen LogP contribution in [0.2, 0.25) is 0 Å². The van der Waals surface area contributed by atoms with Crippen LogP contribution in [0.5, 0.6) is 0 Å². The van der Waals surface area contributed by atoms with Gasteiger partial charge in [0.2, 0.25) is 11.8 Å². The van der Waals surface area contributed by atoms with Crippen LogP contribution in [0, 0.1) is 6.92 Å². The number of hydrogen-bond acceptors (Lipinski definition) is 4. The SMILES string of the molecule is Cc1cccnc1NC(=O)CN1CSCC1=O. The Hall–Kier alpha value is -1.56. The van der Waals surface area contributed by atoms with Gasteiger partial charge in [-0.2, -0.15) is 0 Å². The number of hydrogen-bond donors (Lipinski definition) is 1. The largest absolute Gasteiger partial charge is 0.323 e. The number of anilines is 1. The van der Waals surface area contributed by atoms with Gasteiger partial charge in [0.1, 0.15) is 12.4 Å². The van der Waals surface area contributed by atoms with Crippen LogP contribution in [0.1, 0.15) is 5.56 Å². The molecule has 1 aromatic heterocycles. The molecule has 0 spiro atoms. The highest BCUT2D eigenvalue weighted by Crippen LogP contribution is 2.15. The molecule has 0 saturated carbocycles. The normalized spacial score (nSPS) is 15.1. The molecular formula is C11H13N3O2S. The first kappa shape index (κ1) is 11.9. The Morgan fingerprint density at radius 1 is 1.65 bits per heavy atom. The van der Waals surface area contributed by atoms with Gasteiger partial charge in [-0.05, 0) is 18.6 Å². The minimum Gasteiger partial charge on any atom is -0.323 e. The van der Waals surface area contributed by atoms with Crippen LogP contribution >= 0.6 is 11.8 Å². The van der Waals surface area contributed by atoms with Crippen molar-refractivity contribution in [3.8, 4) is 0 Å². The molecule has 90 valence electrons. The van der Waals surface area contributed by atoms with E-state index in [1.807, 2.05) is 19.1 Å². The topological polar surface area (TPSA) is 62.3 Å². The van der Waals surface area contributed by atoms with E-state index in [0.717, 1.165) is 5.56 Å². The molecule has 17 heavy (non-hydrogen) atoms. The van der Waals surface area contributed by atoms with Gasteiger partial charge >= 0.3 is 0 Å². The molecule has 2 rings (SSSR count). The number of amides is 2. The van der Waals surface area contributed by atoms with Crippen LogP contribution in [-0.2, 0) is 9.59 Å². The van der Waals surface area contributed by atoms with E-state index < -0.39 is 0 Å². The maximum absolute atomic E-state index is 11.7. The lowest BCUT2D eigenvalue weighted by Crippen LogP contribution is -2.34. The Balaban J connectivity index is 1.93. The Kier molecular flexibility index (Phi) is 3.63. The molecule has 1 N–H and O–H groups in total. The summed E-state index contributed by atoms with van der Waals surface area (Å²) in [6, 6.07) is 3.69. The average molecular weight is 251 g/mol. The number of nitrogens with zero attached hydrogens (tertiary/aromatic N) is 2. The second kappa shape index (κ2) is 5.18. The Labute approximate surface area is 104 Å². The lowest BCUT2D eigenvalue weighted by molar-refractivity contribution is -0.130. The van der Waals surface area contributed by atoms with E-state index in [1.165, 1.54) is 16.7 Å². The summed E-state index contributed by atoms with van der Waals surface area (Å²) in [6.45, 7) is 1.97. The van der Waals surface area contributed by atoms with Gasteiger partial charge in [-0.3, -0.25) is 9.59 Å². The number of pyridine rings is 1. The van der Waals surface area contributed by atoms with E-state index in [9.17, 15) is 9.59 Å². The molecule has 5 nitrogen and oxygen atoms in total. The molecule has 0 bridgehead atoms. The minimum atomic E-state index is -0.206. The summed E-state index contributed by atoms with van der Waals surface area (Å²) in [6.07, 6.45) is 1.62. The van der Waals surface area contributed by atoms with Gasteiger partial charge in [0.15, 0.2) is 0 Å². The third kappa shape index (κ3) is 2.97. The molecule has 1 saturated heterocycles. The van der Waals surface area contributed by atoms with Crippen molar-refractivity contribution in [2.24, 2.45) is 0 Å². The number of carbonyl (C=O) groups is 2. The fourth-order valence-corrected chi connectivity index (χ4v) is 2.41. The van der Waals surface area contributed by atoms with E-state index in [4.69, 9.17) is 0 Å². The monoisotopic (exact) mass is 251 g/mol. The zero-order valence-electron chi connectivity index (χ0n) is 9.47. The molecule has 1 aliphatic rings. The minimum absolute atomic E-state index is 0.0166. The van der Waals surface area contributed by atoms with Gasteiger partial charge in [0.25, 0.3) is 0 Å². The summed E-state index contributed by atoms with van der Waals surface area (Å²) in [7, 11) is 0. The fraction of sp³-hybridized carbons (Fsp3) is 0.364. The van der Waals surface area contributed by atoms with Crippen molar-refractivity contribution in [3.05, 3.63) is 23.9 Å². The first-order valence-corrected chi connectivity index (χ1v) is 6.39. The van der Waals surface area contributed by atoms with Crippen LogP contribution in [0.25, 0.3) is 0 Å². The molecule has 0 aliphatic carbocycles. The van der Waals surface area contributed by atoms with Crippen molar-refractivity contribution in [3.63, 3.8) is 0 Å². The van der Waals surface area contributed by atoms with Crippen LogP contribution in [0.3, 0.4) is 0 Å². The van der Waals surface area contributed by atoms with E-state index in [1.54, 1.807) is 6.20 Å². The summed E-state index contributed by atoms with van der Waals surface area (Å²) in [5.41, 5.74) is 0.906. The first-order valence-electron chi connectivity index (χ1n) is 5.24. The van der Waals surface area contributed by atoms with Crippen molar-refractivity contribution in [1.29, 1.82) is 0 Å². The highest BCUT2D eigenvalue weighted by Gasteiger charge is 2.23. The Morgan fingerprint density at radius 3 is 3.12 bits per heavy atom. The van der Waals surface area contributed by atoms with Crippen molar-refractivity contribution in [2.75, 3.05) is 23.5 Å². The highest BCUT2D eigenvalue weighted by atomic mass is 32.2. The number of aryl methyl sites for hydroxylation is 1. The number of nitrogens with one attached hydrogen (secondary N) is 1. The second-order valence-electron chi connectivity index (χ2n) is 3.79. The van der Waals surface area contributed by atoms with E-state index in [-0.39, 0.29) is 18.4 Å². The number of carbonyl (C=O) groups excluding carboxylic acids is 2. The lowest BCUT2D eigenvalue weighted by atomic mass is 10.3. The van der Waals surface area contributed by atoms with Crippen molar-refractivity contribution in [1.82, 2.24) is 9.88 Å². The molecule has 1 aliphatic heterocycles. The van der Waals surface area contributed by atoms with Gasteiger partial charge in [0.05, 0.1) is 11.6 Å².